The maximum absolute atomic E-state index is 6.15. The van der Waals surface area contributed by atoms with Gasteiger partial charge in [-0.3, -0.25) is 0 Å². The van der Waals surface area contributed by atoms with E-state index >= 15 is 0 Å². The van der Waals surface area contributed by atoms with Crippen LogP contribution in [0.25, 0.3) is 0 Å². The molecule has 2 rings (SSSR count). The second kappa shape index (κ2) is 5.74. The van der Waals surface area contributed by atoms with Crippen molar-refractivity contribution < 1.29 is 9.47 Å². The average molecular weight is 255 g/mol. The molecule has 94 valence electrons. The zero-order valence-electron chi connectivity index (χ0n) is 10.4. The van der Waals surface area contributed by atoms with Gasteiger partial charge in [-0.25, -0.2) is 0 Å². The summed E-state index contributed by atoms with van der Waals surface area (Å²) < 4.78 is 11.7. The molecule has 17 heavy (non-hydrogen) atoms. The first-order chi connectivity index (χ1) is 8.22. The molecule has 0 heterocycles. The molecule has 0 spiro atoms. The first kappa shape index (κ1) is 12.7. The SMILES string of the molecule is CCCOC1C(Cl)CC1Oc1ccccc1C. The molecule has 0 N–H and O–H groups in total. The van der Waals surface area contributed by atoms with Crippen molar-refractivity contribution in [3.8, 4) is 5.75 Å². The van der Waals surface area contributed by atoms with Crippen LogP contribution in [0.15, 0.2) is 24.3 Å². The highest BCUT2D eigenvalue weighted by molar-refractivity contribution is 6.21. The van der Waals surface area contributed by atoms with Crippen LogP contribution in [0.1, 0.15) is 25.3 Å². The molecule has 3 heteroatoms. The van der Waals surface area contributed by atoms with Crippen molar-refractivity contribution in [2.75, 3.05) is 6.61 Å². The van der Waals surface area contributed by atoms with Crippen molar-refractivity contribution in [1.82, 2.24) is 0 Å². The summed E-state index contributed by atoms with van der Waals surface area (Å²) in [6.07, 6.45) is 2.02. The molecule has 0 radical (unpaired) electrons. The van der Waals surface area contributed by atoms with Crippen molar-refractivity contribution >= 4 is 11.6 Å². The average Bonchev–Trinajstić information content (AvgIpc) is 2.31. The maximum Gasteiger partial charge on any atom is 0.128 e. The van der Waals surface area contributed by atoms with Gasteiger partial charge in [-0.05, 0) is 25.0 Å². The summed E-state index contributed by atoms with van der Waals surface area (Å²) in [5, 5.41) is 0.0931. The van der Waals surface area contributed by atoms with Crippen LogP contribution in [0.3, 0.4) is 0 Å². The summed E-state index contributed by atoms with van der Waals surface area (Å²) in [6, 6.07) is 8.04. The Balaban J connectivity index is 1.93. The van der Waals surface area contributed by atoms with Gasteiger partial charge < -0.3 is 9.47 Å². The minimum Gasteiger partial charge on any atom is -0.487 e. The Morgan fingerprint density at radius 3 is 2.76 bits per heavy atom. The van der Waals surface area contributed by atoms with Gasteiger partial charge in [-0.15, -0.1) is 11.6 Å². The standard InChI is InChI=1S/C14H19ClO2/c1-3-8-16-14-11(15)9-13(14)17-12-7-5-4-6-10(12)2/h4-7,11,13-14H,3,8-9H2,1-2H3. The second-order valence-corrected chi connectivity index (χ2v) is 5.07. The van der Waals surface area contributed by atoms with Crippen LogP contribution < -0.4 is 4.74 Å². The third-order valence-electron chi connectivity index (χ3n) is 3.07. The molecule has 0 aliphatic heterocycles. The molecule has 1 aromatic rings. The molecule has 2 nitrogen and oxygen atoms in total. The van der Waals surface area contributed by atoms with Crippen LogP contribution in [0.4, 0.5) is 0 Å². The number of alkyl halides is 1. The van der Waals surface area contributed by atoms with E-state index in [2.05, 4.69) is 6.92 Å². The number of benzene rings is 1. The molecule has 0 aromatic heterocycles. The monoisotopic (exact) mass is 254 g/mol. The van der Waals surface area contributed by atoms with E-state index in [4.69, 9.17) is 21.1 Å². The second-order valence-electron chi connectivity index (χ2n) is 4.51. The smallest absolute Gasteiger partial charge is 0.128 e. The van der Waals surface area contributed by atoms with Gasteiger partial charge in [0, 0.05) is 13.0 Å². The van der Waals surface area contributed by atoms with Gasteiger partial charge in [0.1, 0.15) is 18.0 Å². The Bertz CT molecular complexity index is 367. The highest BCUT2D eigenvalue weighted by atomic mass is 35.5. The predicted molar refractivity (Wildman–Crippen MR) is 69.9 cm³/mol. The number of hydrogen-bond acceptors (Lipinski definition) is 2. The lowest BCUT2D eigenvalue weighted by molar-refractivity contribution is -0.0799. The van der Waals surface area contributed by atoms with Gasteiger partial charge in [0.15, 0.2) is 0 Å². The fraction of sp³-hybridized carbons (Fsp3) is 0.571. The van der Waals surface area contributed by atoms with Crippen LogP contribution >= 0.6 is 11.6 Å². The van der Waals surface area contributed by atoms with E-state index < -0.39 is 0 Å². The maximum atomic E-state index is 6.15. The van der Waals surface area contributed by atoms with E-state index in [1.165, 1.54) is 0 Å². The molecular formula is C14H19ClO2. The number of para-hydroxylation sites is 1. The molecule has 3 unspecified atom stereocenters. The van der Waals surface area contributed by atoms with Gasteiger partial charge in [-0.1, -0.05) is 25.1 Å². The summed E-state index contributed by atoms with van der Waals surface area (Å²) in [7, 11) is 0. The van der Waals surface area contributed by atoms with Crippen LogP contribution in [0, 0.1) is 6.92 Å². The molecule has 1 aliphatic rings. The van der Waals surface area contributed by atoms with Gasteiger partial charge >= 0.3 is 0 Å². The molecule has 3 atom stereocenters. The number of halogens is 1. The van der Waals surface area contributed by atoms with Gasteiger partial charge in [0.25, 0.3) is 0 Å². The lowest BCUT2D eigenvalue weighted by atomic mass is 9.90. The summed E-state index contributed by atoms with van der Waals surface area (Å²) >= 11 is 6.15. The topological polar surface area (TPSA) is 18.5 Å². The zero-order valence-corrected chi connectivity index (χ0v) is 11.1. The highest BCUT2D eigenvalue weighted by Crippen LogP contribution is 2.33. The third kappa shape index (κ3) is 2.93. The minimum absolute atomic E-state index is 0.0382. The van der Waals surface area contributed by atoms with E-state index in [-0.39, 0.29) is 17.6 Å². The number of hydrogen-bond donors (Lipinski definition) is 0. The number of rotatable bonds is 5. The summed E-state index contributed by atoms with van der Waals surface area (Å²) in [5.41, 5.74) is 1.15. The first-order valence-electron chi connectivity index (χ1n) is 6.20. The predicted octanol–water partition coefficient (Wildman–Crippen LogP) is 3.55. The quantitative estimate of drug-likeness (QED) is 0.749. The Morgan fingerprint density at radius 2 is 2.12 bits per heavy atom. The van der Waals surface area contributed by atoms with Gasteiger partial charge in [0.2, 0.25) is 0 Å². The summed E-state index contributed by atoms with van der Waals surface area (Å²) in [5.74, 6) is 0.936. The lowest BCUT2D eigenvalue weighted by Gasteiger charge is -2.40. The van der Waals surface area contributed by atoms with E-state index in [0.717, 1.165) is 30.8 Å². The Hall–Kier alpha value is -0.730. The van der Waals surface area contributed by atoms with Crippen molar-refractivity contribution in [1.29, 1.82) is 0 Å². The molecule has 1 aliphatic carbocycles. The van der Waals surface area contributed by atoms with Crippen LogP contribution in [0.2, 0.25) is 0 Å². The molecule has 1 aromatic carbocycles. The lowest BCUT2D eigenvalue weighted by Crippen LogP contribution is -2.52. The van der Waals surface area contributed by atoms with Crippen LogP contribution in [-0.4, -0.2) is 24.2 Å². The van der Waals surface area contributed by atoms with Crippen molar-refractivity contribution in [2.24, 2.45) is 0 Å². The Labute approximate surface area is 108 Å². The largest absolute Gasteiger partial charge is 0.487 e. The van der Waals surface area contributed by atoms with Gasteiger partial charge in [0.05, 0.1) is 5.38 Å². The number of ether oxygens (including phenoxy) is 2. The molecular weight excluding hydrogens is 236 g/mol. The molecule has 0 amide bonds. The van der Waals surface area contributed by atoms with Gasteiger partial charge in [-0.2, -0.15) is 0 Å². The fourth-order valence-electron chi connectivity index (χ4n) is 1.96. The normalized spacial score (nSPS) is 27.6. The fourth-order valence-corrected chi connectivity index (χ4v) is 2.37. The Kier molecular flexibility index (Phi) is 4.30. The molecule has 0 bridgehead atoms. The van der Waals surface area contributed by atoms with Crippen molar-refractivity contribution in [3.05, 3.63) is 29.8 Å². The number of aryl methyl sites for hydroxylation is 1. The molecule has 1 fully saturated rings. The Morgan fingerprint density at radius 1 is 1.35 bits per heavy atom. The summed E-state index contributed by atoms with van der Waals surface area (Å²) in [6.45, 7) is 4.90. The van der Waals surface area contributed by atoms with Crippen molar-refractivity contribution in [2.45, 2.75) is 44.3 Å². The van der Waals surface area contributed by atoms with E-state index in [1.54, 1.807) is 0 Å². The van der Waals surface area contributed by atoms with E-state index in [1.807, 2.05) is 31.2 Å². The van der Waals surface area contributed by atoms with Crippen molar-refractivity contribution in [3.63, 3.8) is 0 Å². The molecule has 0 saturated heterocycles. The highest BCUT2D eigenvalue weighted by Gasteiger charge is 2.42. The zero-order chi connectivity index (χ0) is 12.3. The summed E-state index contributed by atoms with van der Waals surface area (Å²) in [4.78, 5) is 0. The van der Waals surface area contributed by atoms with E-state index in [9.17, 15) is 0 Å². The third-order valence-corrected chi connectivity index (χ3v) is 3.49. The van der Waals surface area contributed by atoms with E-state index in [0.29, 0.717) is 0 Å². The first-order valence-corrected chi connectivity index (χ1v) is 6.64. The molecule has 1 saturated carbocycles. The minimum atomic E-state index is 0.0382. The van der Waals surface area contributed by atoms with Crippen LogP contribution in [-0.2, 0) is 4.74 Å². The van der Waals surface area contributed by atoms with Crippen LogP contribution in [0.5, 0.6) is 5.75 Å².